The molecule has 1 amide bonds. The highest BCUT2D eigenvalue weighted by Gasteiger charge is 2.14. The average Bonchev–Trinajstić information content (AvgIpc) is 2.79. The van der Waals surface area contributed by atoms with Crippen LogP contribution < -0.4 is 11.0 Å². The van der Waals surface area contributed by atoms with Crippen LogP contribution in [0.25, 0.3) is 11.0 Å². The van der Waals surface area contributed by atoms with Crippen molar-refractivity contribution in [1.29, 1.82) is 0 Å². The third-order valence-electron chi connectivity index (χ3n) is 4.02. The fourth-order valence-corrected chi connectivity index (χ4v) is 3.75. The monoisotopic (exact) mass is 355 g/mol. The molecule has 0 bridgehead atoms. The van der Waals surface area contributed by atoms with Gasteiger partial charge in [0.05, 0.1) is 16.6 Å². The minimum atomic E-state index is -0.149. The van der Waals surface area contributed by atoms with Crippen molar-refractivity contribution in [3.8, 4) is 0 Å². The number of aryl methyl sites for hydroxylation is 2. The quantitative estimate of drug-likeness (QED) is 0.727. The number of thioether (sulfide) groups is 1. The number of nitrogens with zero attached hydrogens (tertiary/aromatic N) is 2. The van der Waals surface area contributed by atoms with Crippen LogP contribution in [0.3, 0.4) is 0 Å². The molecule has 3 rings (SSSR count). The maximum absolute atomic E-state index is 12.7. The van der Waals surface area contributed by atoms with Gasteiger partial charge in [-0.15, -0.1) is 11.8 Å². The van der Waals surface area contributed by atoms with Gasteiger partial charge in [-0.3, -0.25) is 13.9 Å². The van der Waals surface area contributed by atoms with Crippen LogP contribution in [0, 0.1) is 0 Å². The predicted octanol–water partition coefficient (Wildman–Crippen LogP) is 3.63. The maximum atomic E-state index is 12.7. The van der Waals surface area contributed by atoms with Gasteiger partial charge in [0.1, 0.15) is 0 Å². The van der Waals surface area contributed by atoms with Gasteiger partial charge in [0.2, 0.25) is 0 Å². The first-order valence-corrected chi connectivity index (χ1v) is 8.99. The van der Waals surface area contributed by atoms with Crippen LogP contribution in [-0.2, 0) is 14.1 Å². The van der Waals surface area contributed by atoms with Gasteiger partial charge < -0.3 is 5.32 Å². The number of rotatable bonds is 4. The Morgan fingerprint density at radius 3 is 2.44 bits per heavy atom. The normalized spacial score (nSPS) is 11.2. The molecule has 1 aromatic heterocycles. The summed E-state index contributed by atoms with van der Waals surface area (Å²) in [4.78, 5) is 25.7. The number of carbonyl (C=O) groups excluding carboxylic acids is 1. The van der Waals surface area contributed by atoms with Crippen molar-refractivity contribution in [1.82, 2.24) is 9.13 Å². The fraction of sp³-hybridized carbons (Fsp3) is 0.263. The topological polar surface area (TPSA) is 56.0 Å². The molecule has 0 atom stereocenters. The van der Waals surface area contributed by atoms with Crippen molar-refractivity contribution >= 4 is 34.4 Å². The molecular weight excluding hydrogens is 334 g/mol. The summed E-state index contributed by atoms with van der Waals surface area (Å²) in [5.41, 5.74) is 2.86. The van der Waals surface area contributed by atoms with Crippen molar-refractivity contribution < 1.29 is 4.79 Å². The van der Waals surface area contributed by atoms with E-state index in [2.05, 4.69) is 19.2 Å². The number of hydrogen-bond acceptors (Lipinski definition) is 3. The molecule has 3 aromatic rings. The zero-order chi connectivity index (χ0) is 18.1. The highest BCUT2D eigenvalue weighted by atomic mass is 32.2. The lowest BCUT2D eigenvalue weighted by molar-refractivity contribution is 0.102. The lowest BCUT2D eigenvalue weighted by Gasteiger charge is -2.11. The van der Waals surface area contributed by atoms with E-state index in [-0.39, 0.29) is 11.6 Å². The molecular formula is C19H21N3O2S. The fourth-order valence-electron chi connectivity index (χ4n) is 2.79. The smallest absolute Gasteiger partial charge is 0.322 e. The minimum Gasteiger partial charge on any atom is -0.322 e. The molecule has 2 aromatic carbocycles. The maximum Gasteiger partial charge on any atom is 0.328 e. The summed E-state index contributed by atoms with van der Waals surface area (Å²) in [6, 6.07) is 13.1. The Bertz CT molecular complexity index is 1000. The van der Waals surface area contributed by atoms with Crippen molar-refractivity contribution in [2.24, 2.45) is 14.1 Å². The van der Waals surface area contributed by atoms with Crippen molar-refractivity contribution in [3.05, 3.63) is 58.5 Å². The van der Waals surface area contributed by atoms with Gasteiger partial charge in [-0.1, -0.05) is 26.0 Å². The SMILES string of the molecule is CC(C)Sc1ccccc1C(=O)Nc1ccc2c(c1)n(C)c(=O)n2C. The molecule has 6 heteroatoms. The standard InChI is InChI=1S/C19H21N3O2S/c1-12(2)25-17-8-6-5-7-14(17)18(23)20-13-9-10-15-16(11-13)22(4)19(24)21(15)3/h5-12H,1-4H3,(H,20,23). The zero-order valence-electron chi connectivity index (χ0n) is 14.7. The number of fused-ring (bicyclic) bond motifs is 1. The van der Waals surface area contributed by atoms with Gasteiger partial charge in [0, 0.05) is 29.9 Å². The number of imidazole rings is 1. The van der Waals surface area contributed by atoms with E-state index < -0.39 is 0 Å². The highest BCUT2D eigenvalue weighted by Crippen LogP contribution is 2.27. The minimum absolute atomic E-state index is 0.0860. The van der Waals surface area contributed by atoms with E-state index in [0.717, 1.165) is 15.9 Å². The van der Waals surface area contributed by atoms with Crippen LogP contribution in [0.5, 0.6) is 0 Å². The first-order valence-electron chi connectivity index (χ1n) is 8.11. The van der Waals surface area contributed by atoms with Crippen LogP contribution in [0.1, 0.15) is 24.2 Å². The van der Waals surface area contributed by atoms with Gasteiger partial charge in [0.15, 0.2) is 0 Å². The molecule has 0 aliphatic carbocycles. The molecule has 0 unspecified atom stereocenters. The van der Waals surface area contributed by atoms with E-state index in [0.29, 0.717) is 16.5 Å². The molecule has 0 saturated carbocycles. The summed E-state index contributed by atoms with van der Waals surface area (Å²) < 4.78 is 3.17. The Hall–Kier alpha value is -2.47. The molecule has 1 heterocycles. The summed E-state index contributed by atoms with van der Waals surface area (Å²) in [7, 11) is 3.47. The molecule has 5 nitrogen and oxygen atoms in total. The average molecular weight is 355 g/mol. The molecule has 0 aliphatic rings. The van der Waals surface area contributed by atoms with Crippen molar-refractivity contribution in [2.45, 2.75) is 24.0 Å². The lowest BCUT2D eigenvalue weighted by Crippen LogP contribution is -2.19. The van der Waals surface area contributed by atoms with Crippen molar-refractivity contribution in [2.75, 3.05) is 5.32 Å². The van der Waals surface area contributed by atoms with E-state index >= 15 is 0 Å². The molecule has 1 N–H and O–H groups in total. The Balaban J connectivity index is 1.93. The van der Waals surface area contributed by atoms with Crippen LogP contribution in [-0.4, -0.2) is 20.3 Å². The molecule has 0 saturated heterocycles. The van der Waals surface area contributed by atoms with E-state index in [9.17, 15) is 9.59 Å². The molecule has 0 spiro atoms. The summed E-state index contributed by atoms with van der Waals surface area (Å²) in [5, 5.41) is 3.34. The van der Waals surface area contributed by atoms with Crippen molar-refractivity contribution in [3.63, 3.8) is 0 Å². The van der Waals surface area contributed by atoms with E-state index in [1.807, 2.05) is 42.5 Å². The summed E-state index contributed by atoms with van der Waals surface area (Å²) in [6.07, 6.45) is 0. The van der Waals surface area contributed by atoms with Crippen LogP contribution >= 0.6 is 11.8 Å². The molecule has 25 heavy (non-hydrogen) atoms. The predicted molar refractivity (Wildman–Crippen MR) is 104 cm³/mol. The Labute approximate surface area is 150 Å². The molecule has 0 aliphatic heterocycles. The third kappa shape index (κ3) is 3.35. The van der Waals surface area contributed by atoms with Gasteiger partial charge in [-0.05, 0) is 30.3 Å². The Morgan fingerprint density at radius 2 is 1.72 bits per heavy atom. The van der Waals surface area contributed by atoms with E-state index in [4.69, 9.17) is 0 Å². The molecule has 0 radical (unpaired) electrons. The first-order chi connectivity index (χ1) is 11.9. The second-order valence-corrected chi connectivity index (χ2v) is 7.84. The largest absolute Gasteiger partial charge is 0.328 e. The number of anilines is 1. The van der Waals surface area contributed by atoms with Crippen LogP contribution in [0.15, 0.2) is 52.2 Å². The Morgan fingerprint density at radius 1 is 1.04 bits per heavy atom. The summed E-state index contributed by atoms with van der Waals surface area (Å²) >= 11 is 1.66. The van der Waals surface area contributed by atoms with E-state index in [1.54, 1.807) is 35.0 Å². The number of amides is 1. The number of hydrogen-bond donors (Lipinski definition) is 1. The number of nitrogens with one attached hydrogen (secondary N) is 1. The summed E-state index contributed by atoms with van der Waals surface area (Å²) in [6.45, 7) is 4.20. The highest BCUT2D eigenvalue weighted by molar-refractivity contribution is 8.00. The third-order valence-corrected chi connectivity index (χ3v) is 5.11. The second-order valence-electron chi connectivity index (χ2n) is 6.22. The van der Waals surface area contributed by atoms with Crippen LogP contribution in [0.4, 0.5) is 5.69 Å². The second kappa shape index (κ2) is 6.80. The van der Waals surface area contributed by atoms with E-state index in [1.165, 1.54) is 0 Å². The van der Waals surface area contributed by atoms with Gasteiger partial charge in [-0.2, -0.15) is 0 Å². The molecule has 130 valence electrons. The van der Waals surface area contributed by atoms with Gasteiger partial charge >= 0.3 is 5.69 Å². The zero-order valence-corrected chi connectivity index (χ0v) is 15.6. The number of carbonyl (C=O) groups is 1. The summed E-state index contributed by atoms with van der Waals surface area (Å²) in [5.74, 6) is -0.149. The Kier molecular flexibility index (Phi) is 4.72. The number of benzene rings is 2. The number of aromatic nitrogens is 2. The van der Waals surface area contributed by atoms with Gasteiger partial charge in [0.25, 0.3) is 5.91 Å². The molecule has 0 fully saturated rings. The lowest BCUT2D eigenvalue weighted by atomic mass is 10.2. The van der Waals surface area contributed by atoms with Crippen LogP contribution in [0.2, 0.25) is 0 Å². The first kappa shape index (κ1) is 17.4. The van der Waals surface area contributed by atoms with Gasteiger partial charge in [-0.25, -0.2) is 4.79 Å².